The number of para-hydroxylation sites is 1. The number of ether oxygens (including phenoxy) is 1. The number of pyridine rings is 1. The van der Waals surface area contributed by atoms with Gasteiger partial charge < -0.3 is 9.64 Å². The maximum absolute atomic E-state index is 13.4. The van der Waals surface area contributed by atoms with Crippen molar-refractivity contribution in [2.75, 3.05) is 7.11 Å². The minimum Gasteiger partial charge on any atom is -0.496 e. The second-order valence-corrected chi connectivity index (χ2v) is 7.28. The Morgan fingerprint density at radius 2 is 1.74 bits per heavy atom. The molecule has 0 saturated carbocycles. The van der Waals surface area contributed by atoms with Crippen molar-refractivity contribution >= 4 is 5.91 Å². The summed E-state index contributed by atoms with van der Waals surface area (Å²) in [6, 6.07) is 25.1. The molecule has 31 heavy (non-hydrogen) atoms. The molecule has 0 spiro atoms. The molecule has 2 heterocycles. The van der Waals surface area contributed by atoms with Gasteiger partial charge in [0.1, 0.15) is 11.4 Å². The Morgan fingerprint density at radius 3 is 2.52 bits per heavy atom. The Hall–Kier alpha value is -3.93. The van der Waals surface area contributed by atoms with Gasteiger partial charge >= 0.3 is 0 Å². The van der Waals surface area contributed by atoms with E-state index in [0.717, 1.165) is 22.5 Å². The van der Waals surface area contributed by atoms with Gasteiger partial charge in [-0.3, -0.25) is 14.9 Å². The molecule has 0 saturated heterocycles. The third kappa shape index (κ3) is 4.80. The maximum atomic E-state index is 13.4. The number of H-pyrrole nitrogens is 1. The van der Waals surface area contributed by atoms with Gasteiger partial charge in [-0.25, -0.2) is 0 Å². The number of benzene rings is 2. The number of carbonyl (C=O) groups excluding carboxylic acids is 1. The van der Waals surface area contributed by atoms with E-state index in [-0.39, 0.29) is 5.91 Å². The smallest absolute Gasteiger partial charge is 0.272 e. The number of hydrogen-bond donors (Lipinski definition) is 1. The number of rotatable bonds is 7. The standard InChI is InChI=1S/C25H24N4O2/c1-18-9-8-12-20(26-18)17-29(16-19-10-4-3-5-11-19)25(30)23-15-22(27-28-23)21-13-6-7-14-24(21)31-2/h3-15H,16-17H2,1-2H3,(H,27,28). The van der Waals surface area contributed by atoms with Crippen LogP contribution in [-0.4, -0.2) is 33.1 Å². The number of amides is 1. The monoisotopic (exact) mass is 412 g/mol. The molecule has 0 aliphatic heterocycles. The Labute approximate surface area is 181 Å². The molecule has 0 radical (unpaired) electrons. The zero-order chi connectivity index (χ0) is 21.6. The second kappa shape index (κ2) is 9.26. The van der Waals surface area contributed by atoms with Crippen molar-refractivity contribution in [3.05, 3.63) is 102 Å². The van der Waals surface area contributed by atoms with E-state index in [1.54, 1.807) is 18.1 Å². The number of aromatic nitrogens is 3. The molecule has 0 unspecified atom stereocenters. The Kier molecular flexibility index (Phi) is 6.08. The van der Waals surface area contributed by atoms with Crippen LogP contribution < -0.4 is 4.74 Å². The molecule has 4 rings (SSSR count). The first-order chi connectivity index (χ1) is 15.1. The molecule has 2 aromatic heterocycles. The largest absolute Gasteiger partial charge is 0.496 e. The molecule has 0 aliphatic rings. The number of hydrogen-bond acceptors (Lipinski definition) is 4. The fourth-order valence-electron chi connectivity index (χ4n) is 3.48. The van der Waals surface area contributed by atoms with Gasteiger partial charge in [0.15, 0.2) is 0 Å². The number of methoxy groups -OCH3 is 1. The summed E-state index contributed by atoms with van der Waals surface area (Å²) in [6.45, 7) is 2.82. The highest BCUT2D eigenvalue weighted by molar-refractivity contribution is 5.93. The normalized spacial score (nSPS) is 10.6. The van der Waals surface area contributed by atoms with Crippen LogP contribution in [0.25, 0.3) is 11.3 Å². The molecule has 0 aliphatic carbocycles. The number of carbonyl (C=O) groups is 1. The van der Waals surface area contributed by atoms with Gasteiger partial charge in [0.2, 0.25) is 0 Å². The lowest BCUT2D eigenvalue weighted by molar-refractivity contribution is 0.0721. The van der Waals surface area contributed by atoms with Crippen LogP contribution >= 0.6 is 0 Å². The van der Waals surface area contributed by atoms with Crippen LogP contribution in [0, 0.1) is 6.92 Å². The van der Waals surface area contributed by atoms with Crippen molar-refractivity contribution in [2.24, 2.45) is 0 Å². The minimum absolute atomic E-state index is 0.138. The van der Waals surface area contributed by atoms with Gasteiger partial charge in [-0.15, -0.1) is 0 Å². The maximum Gasteiger partial charge on any atom is 0.272 e. The highest BCUT2D eigenvalue weighted by Gasteiger charge is 2.21. The predicted octanol–water partition coefficient (Wildman–Crippen LogP) is 4.63. The molecule has 6 heteroatoms. The number of nitrogens with zero attached hydrogens (tertiary/aromatic N) is 3. The van der Waals surface area contributed by atoms with Crippen LogP contribution in [0.1, 0.15) is 27.4 Å². The van der Waals surface area contributed by atoms with Crippen LogP contribution in [-0.2, 0) is 13.1 Å². The Balaban J connectivity index is 1.63. The first kappa shape index (κ1) is 20.3. The molecule has 6 nitrogen and oxygen atoms in total. The number of aryl methyl sites for hydroxylation is 1. The highest BCUT2D eigenvalue weighted by atomic mass is 16.5. The van der Waals surface area contributed by atoms with Gasteiger partial charge in [0.05, 0.1) is 25.0 Å². The summed E-state index contributed by atoms with van der Waals surface area (Å²) in [5.74, 6) is 0.568. The number of aromatic amines is 1. The topological polar surface area (TPSA) is 71.1 Å². The molecule has 0 fully saturated rings. The van der Waals surface area contributed by atoms with E-state index in [1.807, 2.05) is 79.7 Å². The summed E-state index contributed by atoms with van der Waals surface area (Å²) in [4.78, 5) is 19.8. The molecule has 4 aromatic rings. The van der Waals surface area contributed by atoms with Gasteiger partial charge in [-0.2, -0.15) is 5.10 Å². The SMILES string of the molecule is COc1ccccc1-c1cc(C(=O)N(Cc2ccccc2)Cc2cccc(C)n2)[nH]n1. The first-order valence-electron chi connectivity index (χ1n) is 10.1. The van der Waals surface area contributed by atoms with Gasteiger partial charge in [-0.1, -0.05) is 48.5 Å². The van der Waals surface area contributed by atoms with E-state index in [1.165, 1.54) is 0 Å². The Morgan fingerprint density at radius 1 is 0.968 bits per heavy atom. The van der Waals surface area contributed by atoms with Crippen molar-refractivity contribution in [1.29, 1.82) is 0 Å². The Bertz CT molecular complexity index is 1170. The van der Waals surface area contributed by atoms with E-state index in [9.17, 15) is 4.79 Å². The van der Waals surface area contributed by atoms with Gasteiger partial charge in [0.25, 0.3) is 5.91 Å². The highest BCUT2D eigenvalue weighted by Crippen LogP contribution is 2.28. The molecular weight excluding hydrogens is 388 g/mol. The lowest BCUT2D eigenvalue weighted by Gasteiger charge is -2.22. The molecule has 1 amide bonds. The predicted molar refractivity (Wildman–Crippen MR) is 120 cm³/mol. The van der Waals surface area contributed by atoms with Crippen LogP contribution in [0.3, 0.4) is 0 Å². The summed E-state index contributed by atoms with van der Waals surface area (Å²) < 4.78 is 5.43. The van der Waals surface area contributed by atoms with Crippen molar-refractivity contribution in [3.63, 3.8) is 0 Å². The lowest BCUT2D eigenvalue weighted by Crippen LogP contribution is -2.30. The summed E-state index contributed by atoms with van der Waals surface area (Å²) in [5.41, 5.74) is 4.72. The number of nitrogens with one attached hydrogen (secondary N) is 1. The van der Waals surface area contributed by atoms with Crippen LogP contribution in [0.5, 0.6) is 5.75 Å². The van der Waals surface area contributed by atoms with E-state index < -0.39 is 0 Å². The summed E-state index contributed by atoms with van der Waals surface area (Å²) in [5, 5.41) is 7.26. The fourth-order valence-corrected chi connectivity index (χ4v) is 3.48. The van der Waals surface area contributed by atoms with Crippen LogP contribution in [0.4, 0.5) is 0 Å². The van der Waals surface area contributed by atoms with Crippen molar-refractivity contribution in [3.8, 4) is 17.0 Å². The summed E-state index contributed by atoms with van der Waals surface area (Å²) >= 11 is 0. The van der Waals surface area contributed by atoms with E-state index in [4.69, 9.17) is 4.74 Å². The van der Waals surface area contributed by atoms with Gasteiger partial charge in [-0.05, 0) is 42.8 Å². The van der Waals surface area contributed by atoms with Crippen LogP contribution in [0.15, 0.2) is 78.9 Å². The van der Waals surface area contributed by atoms with E-state index >= 15 is 0 Å². The molecular formula is C25H24N4O2. The molecule has 156 valence electrons. The van der Waals surface area contributed by atoms with Crippen molar-refractivity contribution in [1.82, 2.24) is 20.1 Å². The average molecular weight is 412 g/mol. The van der Waals surface area contributed by atoms with Crippen LogP contribution in [0.2, 0.25) is 0 Å². The molecule has 1 N–H and O–H groups in total. The first-order valence-corrected chi connectivity index (χ1v) is 10.1. The van der Waals surface area contributed by atoms with Crippen molar-refractivity contribution < 1.29 is 9.53 Å². The molecule has 0 bridgehead atoms. The summed E-state index contributed by atoms with van der Waals surface area (Å²) in [7, 11) is 1.62. The zero-order valence-electron chi connectivity index (χ0n) is 17.6. The second-order valence-electron chi connectivity index (χ2n) is 7.28. The van der Waals surface area contributed by atoms with E-state index in [0.29, 0.717) is 30.2 Å². The fraction of sp³-hybridized carbons (Fsp3) is 0.160. The third-order valence-corrected chi connectivity index (χ3v) is 4.99. The average Bonchev–Trinajstić information content (AvgIpc) is 3.29. The third-order valence-electron chi connectivity index (χ3n) is 4.99. The summed E-state index contributed by atoms with van der Waals surface area (Å²) in [6.07, 6.45) is 0. The van der Waals surface area contributed by atoms with Crippen molar-refractivity contribution in [2.45, 2.75) is 20.0 Å². The quantitative estimate of drug-likeness (QED) is 0.480. The molecule has 0 atom stereocenters. The van der Waals surface area contributed by atoms with E-state index in [2.05, 4.69) is 15.2 Å². The van der Waals surface area contributed by atoms with Gasteiger partial charge in [0, 0.05) is 17.8 Å². The lowest BCUT2D eigenvalue weighted by atomic mass is 10.1. The molecule has 2 aromatic carbocycles. The zero-order valence-corrected chi connectivity index (χ0v) is 17.6. The minimum atomic E-state index is -0.138.